The molecule has 0 amide bonds. The Morgan fingerprint density at radius 2 is 1.17 bits per heavy atom. The Morgan fingerprint density at radius 1 is 0.724 bits per heavy atom. The lowest BCUT2D eigenvalue weighted by Gasteiger charge is -2.06. The second-order valence-electron chi connectivity index (χ2n) is 7.42. The minimum Gasteiger partial charge on any atom is -0.462 e. The highest BCUT2D eigenvalue weighted by Crippen LogP contribution is 2.12. The molecule has 0 N–H and O–H groups in total. The van der Waals surface area contributed by atoms with Crippen molar-refractivity contribution in [3.05, 3.63) is 47.5 Å². The second-order valence-corrected chi connectivity index (χ2v) is 7.42. The van der Waals surface area contributed by atoms with Crippen LogP contribution in [0.25, 0.3) is 0 Å². The Morgan fingerprint density at radius 3 is 1.66 bits per heavy atom. The van der Waals surface area contributed by atoms with Crippen LogP contribution in [0, 0.1) is 0 Å². The minimum atomic E-state index is -0.399. The quantitative estimate of drug-likeness (QED) is 0.172. The molecule has 0 atom stereocenters. The van der Waals surface area contributed by atoms with E-state index < -0.39 is 5.97 Å². The molecule has 162 valence electrons. The number of benzene rings is 1. The highest BCUT2D eigenvalue weighted by molar-refractivity contribution is 5.93. The molecule has 1 aromatic carbocycles. The van der Waals surface area contributed by atoms with Crippen molar-refractivity contribution in [1.82, 2.24) is 0 Å². The van der Waals surface area contributed by atoms with E-state index in [-0.39, 0.29) is 12.6 Å². The van der Waals surface area contributed by atoms with Crippen LogP contribution in [-0.2, 0) is 9.47 Å². The lowest BCUT2D eigenvalue weighted by Crippen LogP contribution is -2.08. The van der Waals surface area contributed by atoms with Crippen LogP contribution in [0.5, 0.6) is 0 Å². The molecule has 0 radical (unpaired) electrons. The van der Waals surface area contributed by atoms with E-state index in [1.807, 2.05) is 13.0 Å². The standard InChI is InChI=1S/C25H38O4/c1-3-5-7-8-9-10-11-12-13-14-15-21-29-25(27)23-18-16-22(17-19-23)24(26)28-20-6-4-2/h4,6,16-19H,3,5,7-15,20-21H2,1-2H3/b6-4+. The van der Waals surface area contributed by atoms with Gasteiger partial charge in [0.2, 0.25) is 0 Å². The molecule has 0 aliphatic rings. The molecule has 0 aliphatic heterocycles. The third-order valence-corrected chi connectivity index (χ3v) is 4.88. The molecule has 1 rings (SSSR count). The van der Waals surface area contributed by atoms with Crippen molar-refractivity contribution >= 4 is 11.9 Å². The summed E-state index contributed by atoms with van der Waals surface area (Å²) in [6.45, 7) is 4.81. The molecular formula is C25H38O4. The molecule has 0 spiro atoms. The fraction of sp³-hybridized carbons (Fsp3) is 0.600. The summed E-state index contributed by atoms with van der Waals surface area (Å²) in [5, 5.41) is 0. The van der Waals surface area contributed by atoms with E-state index in [9.17, 15) is 9.59 Å². The van der Waals surface area contributed by atoms with Crippen LogP contribution in [0.3, 0.4) is 0 Å². The maximum absolute atomic E-state index is 12.1. The van der Waals surface area contributed by atoms with Gasteiger partial charge in [-0.2, -0.15) is 0 Å². The number of carbonyl (C=O) groups excluding carboxylic acids is 2. The van der Waals surface area contributed by atoms with Crippen molar-refractivity contribution in [3.8, 4) is 0 Å². The molecule has 0 saturated carbocycles. The van der Waals surface area contributed by atoms with Gasteiger partial charge in [0.25, 0.3) is 0 Å². The zero-order chi connectivity index (χ0) is 21.2. The summed E-state index contributed by atoms with van der Waals surface area (Å²) in [5.74, 6) is -0.741. The van der Waals surface area contributed by atoms with Crippen LogP contribution < -0.4 is 0 Å². The first-order valence-corrected chi connectivity index (χ1v) is 11.2. The average molecular weight is 403 g/mol. The molecule has 0 aliphatic carbocycles. The van der Waals surface area contributed by atoms with Gasteiger partial charge in [-0.1, -0.05) is 83.3 Å². The van der Waals surface area contributed by atoms with E-state index in [0.29, 0.717) is 17.7 Å². The van der Waals surface area contributed by atoms with Crippen molar-refractivity contribution < 1.29 is 19.1 Å². The van der Waals surface area contributed by atoms with Gasteiger partial charge in [-0.05, 0) is 37.6 Å². The third-order valence-electron chi connectivity index (χ3n) is 4.88. The third kappa shape index (κ3) is 12.1. The van der Waals surface area contributed by atoms with Gasteiger partial charge in [-0.25, -0.2) is 9.59 Å². The maximum Gasteiger partial charge on any atom is 0.338 e. The maximum atomic E-state index is 12.1. The average Bonchev–Trinajstić information content (AvgIpc) is 2.74. The highest BCUT2D eigenvalue weighted by Gasteiger charge is 2.10. The van der Waals surface area contributed by atoms with Crippen LogP contribution in [0.4, 0.5) is 0 Å². The molecule has 4 heteroatoms. The van der Waals surface area contributed by atoms with Crippen LogP contribution in [0.2, 0.25) is 0 Å². The van der Waals surface area contributed by atoms with E-state index in [2.05, 4.69) is 6.92 Å². The summed E-state index contributed by atoms with van der Waals surface area (Å²) in [6, 6.07) is 6.40. The lowest BCUT2D eigenvalue weighted by atomic mass is 10.1. The number of ether oxygens (including phenoxy) is 2. The zero-order valence-corrected chi connectivity index (χ0v) is 18.3. The molecule has 4 nitrogen and oxygen atoms in total. The summed E-state index contributed by atoms with van der Waals surface area (Å²) >= 11 is 0. The van der Waals surface area contributed by atoms with E-state index in [1.165, 1.54) is 57.8 Å². The number of allylic oxidation sites excluding steroid dienone is 1. The van der Waals surface area contributed by atoms with Crippen molar-refractivity contribution in [2.24, 2.45) is 0 Å². The first kappa shape index (κ1) is 24.9. The predicted molar refractivity (Wildman–Crippen MR) is 118 cm³/mol. The van der Waals surface area contributed by atoms with Gasteiger partial charge >= 0.3 is 11.9 Å². The molecular weight excluding hydrogens is 364 g/mol. The zero-order valence-electron chi connectivity index (χ0n) is 18.3. The van der Waals surface area contributed by atoms with Gasteiger partial charge in [0.05, 0.1) is 17.7 Å². The highest BCUT2D eigenvalue weighted by atomic mass is 16.5. The Labute approximate surface area is 176 Å². The van der Waals surface area contributed by atoms with Gasteiger partial charge in [-0.15, -0.1) is 0 Å². The molecule has 0 heterocycles. The fourth-order valence-electron chi connectivity index (χ4n) is 3.06. The Balaban J connectivity index is 2.09. The van der Waals surface area contributed by atoms with Gasteiger partial charge < -0.3 is 9.47 Å². The van der Waals surface area contributed by atoms with Crippen LogP contribution in [0.15, 0.2) is 36.4 Å². The summed E-state index contributed by atoms with van der Waals surface area (Å²) in [5.41, 5.74) is 0.884. The summed E-state index contributed by atoms with van der Waals surface area (Å²) in [6.07, 6.45) is 17.5. The molecule has 29 heavy (non-hydrogen) atoms. The summed E-state index contributed by atoms with van der Waals surface area (Å²) in [7, 11) is 0. The normalized spacial score (nSPS) is 11.0. The molecule has 0 aromatic heterocycles. The predicted octanol–water partition coefficient (Wildman–Crippen LogP) is 6.89. The van der Waals surface area contributed by atoms with Gasteiger partial charge in [0, 0.05) is 0 Å². The van der Waals surface area contributed by atoms with Crippen molar-refractivity contribution in [2.75, 3.05) is 13.2 Å². The molecule has 1 aromatic rings. The van der Waals surface area contributed by atoms with Crippen molar-refractivity contribution in [3.63, 3.8) is 0 Å². The lowest BCUT2D eigenvalue weighted by molar-refractivity contribution is 0.0494. The number of carbonyl (C=O) groups is 2. The van der Waals surface area contributed by atoms with Crippen LogP contribution in [-0.4, -0.2) is 25.2 Å². The van der Waals surface area contributed by atoms with Crippen LogP contribution in [0.1, 0.15) is 105 Å². The summed E-state index contributed by atoms with van der Waals surface area (Å²) < 4.78 is 10.4. The smallest absolute Gasteiger partial charge is 0.338 e. The molecule has 0 saturated heterocycles. The first-order chi connectivity index (χ1) is 14.2. The second kappa shape index (κ2) is 16.8. The Hall–Kier alpha value is -2.10. The molecule has 0 fully saturated rings. The van der Waals surface area contributed by atoms with Crippen molar-refractivity contribution in [1.29, 1.82) is 0 Å². The van der Waals surface area contributed by atoms with E-state index in [1.54, 1.807) is 30.3 Å². The number of esters is 2. The first-order valence-electron chi connectivity index (χ1n) is 11.2. The number of hydrogen-bond donors (Lipinski definition) is 0. The van der Waals surface area contributed by atoms with E-state index >= 15 is 0 Å². The van der Waals surface area contributed by atoms with Gasteiger partial charge in [-0.3, -0.25) is 0 Å². The minimum absolute atomic E-state index is 0.248. The number of rotatable bonds is 16. The van der Waals surface area contributed by atoms with Crippen molar-refractivity contribution in [2.45, 2.75) is 84.5 Å². The van der Waals surface area contributed by atoms with Crippen LogP contribution >= 0.6 is 0 Å². The topological polar surface area (TPSA) is 52.6 Å². The van der Waals surface area contributed by atoms with E-state index in [4.69, 9.17) is 9.47 Å². The SMILES string of the molecule is C/C=C/COC(=O)c1ccc(C(=O)OCCCCCCCCCCCCC)cc1. The largest absolute Gasteiger partial charge is 0.462 e. The Kier molecular flexibility index (Phi) is 14.5. The summed E-state index contributed by atoms with van der Waals surface area (Å²) in [4.78, 5) is 23.9. The Bertz CT molecular complexity index is 589. The number of hydrogen-bond acceptors (Lipinski definition) is 4. The monoisotopic (exact) mass is 402 g/mol. The fourth-order valence-corrected chi connectivity index (χ4v) is 3.06. The van der Waals surface area contributed by atoms with Gasteiger partial charge in [0.1, 0.15) is 6.61 Å². The number of unbranched alkanes of at least 4 members (excludes halogenated alkanes) is 10. The van der Waals surface area contributed by atoms with Gasteiger partial charge in [0.15, 0.2) is 0 Å². The molecule has 0 bridgehead atoms. The van der Waals surface area contributed by atoms with E-state index in [0.717, 1.165) is 12.8 Å². The molecule has 0 unspecified atom stereocenters.